The van der Waals surface area contributed by atoms with Gasteiger partial charge in [0.2, 0.25) is 11.8 Å². The lowest BCUT2D eigenvalue weighted by atomic mass is 9.98. The molecule has 0 bridgehead atoms. The Kier molecular flexibility index (Phi) is 5.30. The molecule has 20 heavy (non-hydrogen) atoms. The molecule has 0 saturated carbocycles. The predicted octanol–water partition coefficient (Wildman–Crippen LogP) is -1.82. The molecule has 1 aliphatic rings. The van der Waals surface area contributed by atoms with Gasteiger partial charge in [-0.1, -0.05) is 0 Å². The summed E-state index contributed by atoms with van der Waals surface area (Å²) in [6.45, 7) is -0.454. The molecule has 112 valence electrons. The van der Waals surface area contributed by atoms with Gasteiger partial charge in [0, 0.05) is 13.1 Å². The smallest absolute Gasteiger partial charge is 0.320 e. The van der Waals surface area contributed by atoms with Gasteiger partial charge >= 0.3 is 12.0 Å². The quantitative estimate of drug-likeness (QED) is 0.544. The average Bonchev–Trinajstić information content (AvgIpc) is 2.36. The summed E-state index contributed by atoms with van der Waals surface area (Å²) in [4.78, 5) is 47.2. The van der Waals surface area contributed by atoms with Crippen LogP contribution in [0.25, 0.3) is 0 Å². The standard InChI is InChI=1S/C11H18N4O5/c12-8(16)5-15(6-9(13)17)11(20)14-3-1-2-7(4-14)10(18)19/h7H,1-6H2,(H2,12,16)(H2,13,17)(H,18,19). The third-order valence-electron chi connectivity index (χ3n) is 3.01. The van der Waals surface area contributed by atoms with Crippen LogP contribution < -0.4 is 11.5 Å². The first-order valence-electron chi connectivity index (χ1n) is 6.14. The van der Waals surface area contributed by atoms with E-state index in [9.17, 15) is 19.2 Å². The molecule has 5 N–H and O–H groups in total. The summed E-state index contributed by atoms with van der Waals surface area (Å²) in [6, 6.07) is -0.603. The maximum Gasteiger partial charge on any atom is 0.320 e. The summed E-state index contributed by atoms with van der Waals surface area (Å²) >= 11 is 0. The van der Waals surface area contributed by atoms with Gasteiger partial charge in [0.25, 0.3) is 0 Å². The minimum atomic E-state index is -0.973. The van der Waals surface area contributed by atoms with Crippen LogP contribution in [0.1, 0.15) is 12.8 Å². The van der Waals surface area contributed by atoms with Gasteiger partial charge in [-0.25, -0.2) is 4.79 Å². The zero-order valence-corrected chi connectivity index (χ0v) is 10.9. The monoisotopic (exact) mass is 286 g/mol. The van der Waals surface area contributed by atoms with Gasteiger partial charge in [-0.3, -0.25) is 14.4 Å². The molecule has 9 heteroatoms. The van der Waals surface area contributed by atoms with E-state index in [4.69, 9.17) is 16.6 Å². The molecule has 1 saturated heterocycles. The Hall–Kier alpha value is -2.32. The fourth-order valence-corrected chi connectivity index (χ4v) is 2.12. The highest BCUT2D eigenvalue weighted by Crippen LogP contribution is 2.17. The van der Waals surface area contributed by atoms with Gasteiger partial charge in [-0.05, 0) is 12.8 Å². The van der Waals surface area contributed by atoms with Crippen LogP contribution in [-0.2, 0) is 14.4 Å². The van der Waals surface area contributed by atoms with Crippen LogP contribution in [0.5, 0.6) is 0 Å². The number of amides is 4. The summed E-state index contributed by atoms with van der Waals surface area (Å²) in [5.74, 6) is -3.16. The Morgan fingerprint density at radius 3 is 2.15 bits per heavy atom. The second kappa shape index (κ2) is 6.73. The molecule has 0 aromatic heterocycles. The van der Waals surface area contributed by atoms with E-state index in [1.54, 1.807) is 0 Å². The second-order valence-corrected chi connectivity index (χ2v) is 4.69. The van der Waals surface area contributed by atoms with E-state index < -0.39 is 42.8 Å². The number of nitrogens with zero attached hydrogens (tertiary/aromatic N) is 2. The molecule has 0 radical (unpaired) electrons. The Balaban J connectivity index is 2.74. The van der Waals surface area contributed by atoms with Crippen LogP contribution in [-0.4, -0.2) is 64.9 Å². The molecule has 0 aromatic carbocycles. The van der Waals surface area contributed by atoms with Gasteiger partial charge < -0.3 is 26.4 Å². The van der Waals surface area contributed by atoms with E-state index in [0.717, 1.165) is 4.90 Å². The summed E-state index contributed by atoms with van der Waals surface area (Å²) in [7, 11) is 0. The molecule has 0 aromatic rings. The van der Waals surface area contributed by atoms with Crippen LogP contribution in [0.3, 0.4) is 0 Å². The second-order valence-electron chi connectivity index (χ2n) is 4.69. The minimum absolute atomic E-state index is 0.0438. The number of likely N-dealkylation sites (tertiary alicyclic amines) is 1. The van der Waals surface area contributed by atoms with Gasteiger partial charge in [0.1, 0.15) is 13.1 Å². The highest BCUT2D eigenvalue weighted by atomic mass is 16.4. The van der Waals surface area contributed by atoms with Crippen molar-refractivity contribution in [2.24, 2.45) is 17.4 Å². The molecule has 4 amide bonds. The number of urea groups is 1. The number of carbonyl (C=O) groups is 4. The fourth-order valence-electron chi connectivity index (χ4n) is 2.12. The fraction of sp³-hybridized carbons (Fsp3) is 0.636. The van der Waals surface area contributed by atoms with E-state index in [-0.39, 0.29) is 6.54 Å². The molecule has 0 aliphatic carbocycles. The topological polar surface area (TPSA) is 147 Å². The van der Waals surface area contributed by atoms with Crippen LogP contribution in [0.4, 0.5) is 4.79 Å². The van der Waals surface area contributed by atoms with Crippen LogP contribution >= 0.6 is 0 Å². The first-order chi connectivity index (χ1) is 9.31. The molecule has 0 spiro atoms. The molecular formula is C11H18N4O5. The Bertz CT molecular complexity index is 409. The number of rotatable bonds is 5. The van der Waals surface area contributed by atoms with E-state index in [1.807, 2.05) is 0 Å². The molecule has 9 nitrogen and oxygen atoms in total. The number of hydrogen-bond donors (Lipinski definition) is 3. The van der Waals surface area contributed by atoms with Gasteiger partial charge in [-0.2, -0.15) is 0 Å². The molecular weight excluding hydrogens is 268 g/mol. The van der Waals surface area contributed by atoms with Crippen molar-refractivity contribution in [1.82, 2.24) is 9.80 Å². The van der Waals surface area contributed by atoms with Crippen molar-refractivity contribution >= 4 is 23.8 Å². The number of hydrogen-bond acceptors (Lipinski definition) is 4. The van der Waals surface area contributed by atoms with Gasteiger partial charge in [-0.15, -0.1) is 0 Å². The maximum atomic E-state index is 12.2. The van der Waals surface area contributed by atoms with Crippen molar-refractivity contribution in [2.75, 3.05) is 26.2 Å². The highest BCUT2D eigenvalue weighted by Gasteiger charge is 2.31. The van der Waals surface area contributed by atoms with Crippen molar-refractivity contribution in [3.8, 4) is 0 Å². The van der Waals surface area contributed by atoms with E-state index in [2.05, 4.69) is 0 Å². The number of aliphatic carboxylic acids is 1. The minimum Gasteiger partial charge on any atom is -0.481 e. The molecule has 1 rings (SSSR count). The molecule has 1 atom stereocenters. The maximum absolute atomic E-state index is 12.2. The summed E-state index contributed by atoms with van der Waals surface area (Å²) in [6.07, 6.45) is 1.04. The van der Waals surface area contributed by atoms with Crippen molar-refractivity contribution in [3.63, 3.8) is 0 Å². The number of primary amides is 2. The number of carboxylic acid groups (broad SMARTS) is 1. The van der Waals surface area contributed by atoms with Crippen molar-refractivity contribution < 1.29 is 24.3 Å². The first-order valence-corrected chi connectivity index (χ1v) is 6.14. The summed E-state index contributed by atoms with van der Waals surface area (Å²) in [5, 5.41) is 8.97. The van der Waals surface area contributed by atoms with Gasteiger partial charge in [0.15, 0.2) is 0 Å². The van der Waals surface area contributed by atoms with Crippen molar-refractivity contribution in [3.05, 3.63) is 0 Å². The van der Waals surface area contributed by atoms with Crippen LogP contribution in [0.15, 0.2) is 0 Å². The van der Waals surface area contributed by atoms with E-state index in [0.29, 0.717) is 19.4 Å². The third-order valence-corrected chi connectivity index (χ3v) is 3.01. The predicted molar refractivity (Wildman–Crippen MR) is 67.3 cm³/mol. The lowest BCUT2D eigenvalue weighted by Crippen LogP contribution is -2.52. The number of piperidine rings is 1. The summed E-state index contributed by atoms with van der Waals surface area (Å²) in [5.41, 5.74) is 10.0. The normalized spacial score (nSPS) is 18.4. The van der Waals surface area contributed by atoms with Crippen molar-refractivity contribution in [2.45, 2.75) is 12.8 Å². The zero-order valence-electron chi connectivity index (χ0n) is 10.9. The SMILES string of the molecule is NC(=O)CN(CC(N)=O)C(=O)N1CCCC(C(=O)O)C1. The zero-order chi connectivity index (χ0) is 15.3. The lowest BCUT2D eigenvalue weighted by Gasteiger charge is -2.34. The Morgan fingerprint density at radius 2 is 1.70 bits per heavy atom. The van der Waals surface area contributed by atoms with Crippen molar-refractivity contribution in [1.29, 1.82) is 0 Å². The van der Waals surface area contributed by atoms with Crippen LogP contribution in [0, 0.1) is 5.92 Å². The highest BCUT2D eigenvalue weighted by molar-refractivity contribution is 5.87. The molecule has 1 aliphatic heterocycles. The average molecular weight is 286 g/mol. The first kappa shape index (κ1) is 15.7. The number of carboxylic acids is 1. The number of nitrogens with two attached hydrogens (primary N) is 2. The third kappa shape index (κ3) is 4.41. The number of carbonyl (C=O) groups excluding carboxylic acids is 3. The lowest BCUT2D eigenvalue weighted by molar-refractivity contribution is -0.143. The van der Waals surface area contributed by atoms with E-state index in [1.165, 1.54) is 4.90 Å². The molecule has 1 fully saturated rings. The van der Waals surface area contributed by atoms with E-state index >= 15 is 0 Å². The molecule has 1 unspecified atom stereocenters. The molecule has 1 heterocycles. The van der Waals surface area contributed by atoms with Gasteiger partial charge in [0.05, 0.1) is 5.92 Å². The Labute approximate surface area is 115 Å². The summed E-state index contributed by atoms with van der Waals surface area (Å²) < 4.78 is 0. The largest absolute Gasteiger partial charge is 0.481 e. The van der Waals surface area contributed by atoms with Crippen LogP contribution in [0.2, 0.25) is 0 Å². The Morgan fingerprint density at radius 1 is 1.15 bits per heavy atom.